The van der Waals surface area contributed by atoms with Crippen molar-refractivity contribution < 1.29 is 9.90 Å². The molecule has 94 valence electrons. The van der Waals surface area contributed by atoms with Crippen molar-refractivity contribution in [3.05, 3.63) is 29.6 Å². The Morgan fingerprint density at radius 2 is 2.18 bits per heavy atom. The van der Waals surface area contributed by atoms with E-state index in [1.807, 2.05) is 0 Å². The maximum absolute atomic E-state index is 10.7. The van der Waals surface area contributed by atoms with E-state index in [-0.39, 0.29) is 11.1 Å². The second kappa shape index (κ2) is 5.77. The lowest BCUT2D eigenvalue weighted by Crippen LogP contribution is -2.38. The Bertz CT molecular complexity index is 372. The lowest BCUT2D eigenvalue weighted by Gasteiger charge is -2.25. The molecule has 1 rings (SSSR count). The third kappa shape index (κ3) is 4.53. The standard InChI is InChI=1S/C13H20N2O2/c1-4-7-13(2,3)15-9-11-6-5-10(8-14-11)12(16)17/h5-6,8,15H,4,7,9H2,1-3H3,(H,16,17). The Morgan fingerprint density at radius 1 is 1.47 bits per heavy atom. The zero-order valence-corrected chi connectivity index (χ0v) is 10.7. The van der Waals surface area contributed by atoms with Crippen LogP contribution < -0.4 is 5.32 Å². The van der Waals surface area contributed by atoms with Crippen LogP contribution in [0.5, 0.6) is 0 Å². The van der Waals surface area contributed by atoms with Crippen LogP contribution in [0.25, 0.3) is 0 Å². The van der Waals surface area contributed by atoms with Gasteiger partial charge in [-0.3, -0.25) is 4.98 Å². The van der Waals surface area contributed by atoms with Gasteiger partial charge in [-0.05, 0) is 32.4 Å². The van der Waals surface area contributed by atoms with Crippen LogP contribution in [-0.4, -0.2) is 21.6 Å². The average molecular weight is 236 g/mol. The molecule has 0 spiro atoms. The first kappa shape index (κ1) is 13.6. The zero-order chi connectivity index (χ0) is 12.9. The van der Waals surface area contributed by atoms with E-state index in [0.717, 1.165) is 18.5 Å². The summed E-state index contributed by atoms with van der Waals surface area (Å²) in [4.78, 5) is 14.8. The number of hydrogen-bond acceptors (Lipinski definition) is 3. The van der Waals surface area contributed by atoms with Crippen LogP contribution in [0.3, 0.4) is 0 Å². The summed E-state index contributed by atoms with van der Waals surface area (Å²) in [6.45, 7) is 7.13. The van der Waals surface area contributed by atoms with Crippen LogP contribution in [0, 0.1) is 0 Å². The minimum atomic E-state index is -0.941. The van der Waals surface area contributed by atoms with Gasteiger partial charge in [0, 0.05) is 18.3 Å². The van der Waals surface area contributed by atoms with Crippen molar-refractivity contribution in [1.29, 1.82) is 0 Å². The molecule has 0 saturated heterocycles. The molecule has 4 heteroatoms. The van der Waals surface area contributed by atoms with Gasteiger partial charge in [-0.1, -0.05) is 13.3 Å². The quantitative estimate of drug-likeness (QED) is 0.796. The highest BCUT2D eigenvalue weighted by atomic mass is 16.4. The maximum Gasteiger partial charge on any atom is 0.337 e. The number of nitrogens with one attached hydrogen (secondary N) is 1. The predicted molar refractivity (Wildman–Crippen MR) is 67.0 cm³/mol. The number of aromatic carboxylic acids is 1. The van der Waals surface area contributed by atoms with Gasteiger partial charge in [0.1, 0.15) is 0 Å². The molecule has 0 saturated carbocycles. The smallest absolute Gasteiger partial charge is 0.337 e. The Hall–Kier alpha value is -1.42. The van der Waals surface area contributed by atoms with Gasteiger partial charge in [0.2, 0.25) is 0 Å². The molecule has 0 amide bonds. The van der Waals surface area contributed by atoms with Gasteiger partial charge in [-0.25, -0.2) is 4.79 Å². The molecular formula is C13H20N2O2. The molecule has 1 aromatic heterocycles. The normalized spacial score (nSPS) is 11.5. The van der Waals surface area contributed by atoms with Crippen molar-refractivity contribution in [2.45, 2.75) is 45.7 Å². The molecule has 17 heavy (non-hydrogen) atoms. The Kier molecular flexibility index (Phi) is 4.63. The lowest BCUT2D eigenvalue weighted by atomic mass is 9.99. The number of pyridine rings is 1. The highest BCUT2D eigenvalue weighted by Gasteiger charge is 2.15. The van der Waals surface area contributed by atoms with Crippen molar-refractivity contribution in [3.8, 4) is 0 Å². The molecule has 0 bridgehead atoms. The van der Waals surface area contributed by atoms with Crippen LogP contribution in [0.1, 0.15) is 49.7 Å². The largest absolute Gasteiger partial charge is 0.478 e. The van der Waals surface area contributed by atoms with Gasteiger partial charge >= 0.3 is 5.97 Å². The second-order valence-electron chi connectivity index (χ2n) is 4.83. The fourth-order valence-corrected chi connectivity index (χ4v) is 1.70. The van der Waals surface area contributed by atoms with E-state index in [2.05, 4.69) is 31.1 Å². The molecule has 1 aromatic rings. The van der Waals surface area contributed by atoms with Gasteiger partial charge in [0.15, 0.2) is 0 Å². The molecule has 1 heterocycles. The SMILES string of the molecule is CCCC(C)(C)NCc1ccc(C(=O)O)cn1. The van der Waals surface area contributed by atoms with E-state index in [1.54, 1.807) is 12.1 Å². The van der Waals surface area contributed by atoms with E-state index in [4.69, 9.17) is 5.11 Å². The van der Waals surface area contributed by atoms with Crippen LogP contribution in [0.15, 0.2) is 18.3 Å². The third-order valence-corrected chi connectivity index (χ3v) is 2.69. The number of carboxylic acids is 1. The van der Waals surface area contributed by atoms with Crippen molar-refractivity contribution in [2.24, 2.45) is 0 Å². The molecule has 0 atom stereocenters. The first-order valence-corrected chi connectivity index (χ1v) is 5.88. The van der Waals surface area contributed by atoms with E-state index >= 15 is 0 Å². The fraction of sp³-hybridized carbons (Fsp3) is 0.538. The number of rotatable bonds is 6. The maximum atomic E-state index is 10.7. The van der Waals surface area contributed by atoms with Gasteiger partial charge in [-0.15, -0.1) is 0 Å². The predicted octanol–water partition coefficient (Wildman–Crippen LogP) is 2.45. The molecule has 2 N–H and O–H groups in total. The molecule has 0 aliphatic rings. The summed E-state index contributed by atoms with van der Waals surface area (Å²) in [6.07, 6.45) is 3.62. The number of carbonyl (C=O) groups is 1. The van der Waals surface area contributed by atoms with Crippen molar-refractivity contribution >= 4 is 5.97 Å². The molecule has 0 unspecified atom stereocenters. The van der Waals surface area contributed by atoms with Crippen LogP contribution in [0.2, 0.25) is 0 Å². The highest BCUT2D eigenvalue weighted by Crippen LogP contribution is 2.11. The van der Waals surface area contributed by atoms with Gasteiger partial charge in [0.05, 0.1) is 11.3 Å². The molecule has 0 aromatic carbocycles. The third-order valence-electron chi connectivity index (χ3n) is 2.69. The van der Waals surface area contributed by atoms with E-state index < -0.39 is 5.97 Å². The first-order valence-electron chi connectivity index (χ1n) is 5.88. The summed E-state index contributed by atoms with van der Waals surface area (Å²) in [5.74, 6) is -0.941. The van der Waals surface area contributed by atoms with Crippen LogP contribution in [0.4, 0.5) is 0 Å². The monoisotopic (exact) mass is 236 g/mol. The summed E-state index contributed by atoms with van der Waals surface area (Å²) in [6, 6.07) is 3.33. The highest BCUT2D eigenvalue weighted by molar-refractivity contribution is 5.87. The number of nitrogens with zero attached hydrogens (tertiary/aromatic N) is 1. The topological polar surface area (TPSA) is 62.2 Å². The molecule has 0 aliphatic carbocycles. The van der Waals surface area contributed by atoms with Gasteiger partial charge in [-0.2, -0.15) is 0 Å². The van der Waals surface area contributed by atoms with E-state index in [0.29, 0.717) is 6.54 Å². The van der Waals surface area contributed by atoms with Crippen molar-refractivity contribution in [1.82, 2.24) is 10.3 Å². The van der Waals surface area contributed by atoms with Crippen LogP contribution >= 0.6 is 0 Å². The van der Waals surface area contributed by atoms with E-state index in [1.165, 1.54) is 6.20 Å². The Labute approximate surface area is 102 Å². The van der Waals surface area contributed by atoms with Gasteiger partial charge < -0.3 is 10.4 Å². The minimum Gasteiger partial charge on any atom is -0.478 e. The Balaban J connectivity index is 2.55. The molecule has 0 radical (unpaired) electrons. The minimum absolute atomic E-state index is 0.0852. The van der Waals surface area contributed by atoms with Crippen molar-refractivity contribution in [3.63, 3.8) is 0 Å². The first-order chi connectivity index (χ1) is 7.94. The molecule has 4 nitrogen and oxygen atoms in total. The lowest BCUT2D eigenvalue weighted by molar-refractivity contribution is 0.0696. The fourth-order valence-electron chi connectivity index (χ4n) is 1.70. The summed E-state index contributed by atoms with van der Waals surface area (Å²) < 4.78 is 0. The van der Waals surface area contributed by atoms with Crippen LogP contribution in [-0.2, 0) is 6.54 Å². The molecule has 0 fully saturated rings. The summed E-state index contributed by atoms with van der Waals surface area (Å²) in [5, 5.41) is 12.2. The van der Waals surface area contributed by atoms with Gasteiger partial charge in [0.25, 0.3) is 0 Å². The van der Waals surface area contributed by atoms with E-state index in [9.17, 15) is 4.79 Å². The Morgan fingerprint density at radius 3 is 2.65 bits per heavy atom. The summed E-state index contributed by atoms with van der Waals surface area (Å²) in [7, 11) is 0. The number of hydrogen-bond donors (Lipinski definition) is 2. The molecule has 0 aliphatic heterocycles. The summed E-state index contributed by atoms with van der Waals surface area (Å²) in [5.41, 5.74) is 1.17. The van der Waals surface area contributed by atoms with Crippen molar-refractivity contribution in [2.75, 3.05) is 0 Å². The average Bonchev–Trinajstić information content (AvgIpc) is 2.27. The second-order valence-corrected chi connectivity index (χ2v) is 4.83. The summed E-state index contributed by atoms with van der Waals surface area (Å²) >= 11 is 0. The molecular weight excluding hydrogens is 216 g/mol. The zero-order valence-electron chi connectivity index (χ0n) is 10.7. The number of aromatic nitrogens is 1. The number of carboxylic acid groups (broad SMARTS) is 1.